The highest BCUT2D eigenvalue weighted by molar-refractivity contribution is 7.32. The van der Waals surface area contributed by atoms with Gasteiger partial charge in [0.15, 0.2) is 0 Å². The zero-order chi connectivity index (χ0) is 10.8. The predicted molar refractivity (Wildman–Crippen MR) is 50.4 cm³/mol. The Balaban J connectivity index is 2.09. The zero-order valence-corrected chi connectivity index (χ0v) is 8.88. The molecule has 1 atom stereocenters. The lowest BCUT2D eigenvalue weighted by Crippen LogP contribution is -2.50. The molecule has 0 saturated carbocycles. The molecule has 2 saturated heterocycles. The summed E-state index contributed by atoms with van der Waals surface area (Å²) in [6.45, 7) is 1.41. The Hall–Kier alpha value is -1.11. The second-order valence-corrected chi connectivity index (χ2v) is 3.55. The van der Waals surface area contributed by atoms with Crippen molar-refractivity contribution in [3.05, 3.63) is 0 Å². The van der Waals surface area contributed by atoms with Crippen molar-refractivity contribution in [3.8, 4) is 0 Å². The molecule has 0 radical (unpaired) electrons. The van der Waals surface area contributed by atoms with Crippen molar-refractivity contribution in [2.75, 3.05) is 26.3 Å². The number of nitrogens with zero attached hydrogens (tertiary/aromatic N) is 3. The SMILES string of the molecule is NPN(N1CCOC1=O)N1CCOC1=O. The van der Waals surface area contributed by atoms with Crippen LogP contribution in [-0.4, -0.2) is 53.4 Å². The summed E-state index contributed by atoms with van der Waals surface area (Å²) in [5.74, 6) is 0. The van der Waals surface area contributed by atoms with Gasteiger partial charge in [0.05, 0.1) is 22.0 Å². The van der Waals surface area contributed by atoms with Gasteiger partial charge in [-0.25, -0.2) is 19.6 Å². The van der Waals surface area contributed by atoms with Gasteiger partial charge in [-0.3, -0.25) is 5.50 Å². The van der Waals surface area contributed by atoms with E-state index in [0.717, 1.165) is 0 Å². The van der Waals surface area contributed by atoms with E-state index in [1.54, 1.807) is 0 Å². The van der Waals surface area contributed by atoms with E-state index in [1.807, 2.05) is 0 Å². The van der Waals surface area contributed by atoms with Crippen molar-refractivity contribution in [2.24, 2.45) is 5.50 Å². The highest BCUT2D eigenvalue weighted by Crippen LogP contribution is 2.23. The number of hydrogen-bond donors (Lipinski definition) is 1. The fraction of sp³-hybridized carbons (Fsp3) is 0.667. The molecule has 0 spiro atoms. The average molecular weight is 234 g/mol. The minimum absolute atomic E-state index is 0.228. The van der Waals surface area contributed by atoms with Crippen LogP contribution in [0.2, 0.25) is 0 Å². The third-order valence-electron chi connectivity index (χ3n) is 2.05. The van der Waals surface area contributed by atoms with Crippen LogP contribution in [0.25, 0.3) is 0 Å². The first-order valence-corrected chi connectivity index (χ1v) is 5.41. The fourth-order valence-electron chi connectivity index (χ4n) is 1.38. The number of amides is 2. The molecule has 9 heteroatoms. The molecule has 0 aromatic rings. The van der Waals surface area contributed by atoms with Gasteiger partial charge in [0.25, 0.3) is 0 Å². The van der Waals surface area contributed by atoms with Crippen molar-refractivity contribution in [2.45, 2.75) is 0 Å². The maximum absolute atomic E-state index is 11.3. The molecule has 84 valence electrons. The molecule has 8 nitrogen and oxygen atoms in total. The normalized spacial score (nSPS) is 22.0. The summed E-state index contributed by atoms with van der Waals surface area (Å²) in [6, 6.07) is 0. The summed E-state index contributed by atoms with van der Waals surface area (Å²) in [4.78, 5) is 23.9. The number of cyclic esters (lactones) is 2. The van der Waals surface area contributed by atoms with Crippen LogP contribution in [0.1, 0.15) is 0 Å². The van der Waals surface area contributed by atoms with Crippen molar-refractivity contribution in [3.63, 3.8) is 0 Å². The van der Waals surface area contributed by atoms with Gasteiger partial charge in [0.2, 0.25) is 0 Å². The smallest absolute Gasteiger partial charge is 0.426 e. The summed E-state index contributed by atoms with van der Waals surface area (Å²) in [5, 5.41) is 2.59. The minimum atomic E-state index is -0.493. The molecule has 0 aliphatic carbocycles. The Labute approximate surface area is 87.7 Å². The number of ether oxygens (including phenoxy) is 2. The second-order valence-electron chi connectivity index (χ2n) is 2.89. The van der Waals surface area contributed by atoms with Gasteiger partial charge in [0, 0.05) is 0 Å². The van der Waals surface area contributed by atoms with Gasteiger partial charge in [-0.05, 0) is 0 Å². The standard InChI is InChI=1S/C6H11N4O4P/c7-15-10(8-1-3-13-5(8)11)9-2-4-14-6(9)12/h15H,1-4,7H2. The molecule has 2 aliphatic heterocycles. The monoisotopic (exact) mass is 234 g/mol. The topological polar surface area (TPSA) is 88.3 Å². The van der Waals surface area contributed by atoms with E-state index >= 15 is 0 Å². The van der Waals surface area contributed by atoms with E-state index in [1.165, 1.54) is 14.9 Å². The van der Waals surface area contributed by atoms with Crippen LogP contribution in [0.15, 0.2) is 0 Å². The molecular formula is C6H11N4O4P. The van der Waals surface area contributed by atoms with Crippen LogP contribution in [0.3, 0.4) is 0 Å². The quantitative estimate of drug-likeness (QED) is 0.661. The summed E-state index contributed by atoms with van der Waals surface area (Å²) in [6.07, 6.45) is -0.986. The van der Waals surface area contributed by atoms with Gasteiger partial charge >= 0.3 is 12.2 Å². The first-order valence-electron chi connectivity index (χ1n) is 4.39. The van der Waals surface area contributed by atoms with Crippen LogP contribution in [0, 0.1) is 0 Å². The first-order chi connectivity index (χ1) is 7.24. The molecule has 2 fully saturated rings. The molecule has 1 unspecified atom stereocenters. The van der Waals surface area contributed by atoms with Gasteiger partial charge in [0.1, 0.15) is 13.2 Å². The Bertz CT molecular complexity index is 262. The van der Waals surface area contributed by atoms with Gasteiger partial charge < -0.3 is 9.47 Å². The highest BCUT2D eigenvalue weighted by Gasteiger charge is 2.36. The maximum atomic E-state index is 11.3. The Kier molecular flexibility index (Phi) is 2.90. The van der Waals surface area contributed by atoms with E-state index in [0.29, 0.717) is 26.3 Å². The van der Waals surface area contributed by atoms with Crippen LogP contribution < -0.4 is 5.50 Å². The lowest BCUT2D eigenvalue weighted by molar-refractivity contribution is -0.0278. The lowest BCUT2D eigenvalue weighted by atomic mass is 10.7. The summed E-state index contributed by atoms with van der Waals surface area (Å²) < 4.78 is 9.52. The first kappa shape index (κ1) is 10.4. The Morgan fingerprint density at radius 2 is 1.60 bits per heavy atom. The summed E-state index contributed by atoms with van der Waals surface area (Å²) >= 11 is 0. The van der Waals surface area contributed by atoms with Crippen LogP contribution in [0.4, 0.5) is 9.59 Å². The number of carbonyl (C=O) groups excluding carboxylic acids is 2. The number of carbonyl (C=O) groups is 2. The average Bonchev–Trinajstić information content (AvgIpc) is 2.80. The molecule has 2 heterocycles. The van der Waals surface area contributed by atoms with Gasteiger partial charge in [-0.2, -0.15) is 0 Å². The molecule has 15 heavy (non-hydrogen) atoms. The van der Waals surface area contributed by atoms with Crippen molar-refractivity contribution < 1.29 is 19.1 Å². The zero-order valence-electron chi connectivity index (χ0n) is 7.88. The molecular weight excluding hydrogens is 223 g/mol. The largest absolute Gasteiger partial charge is 0.446 e. The van der Waals surface area contributed by atoms with E-state index < -0.39 is 12.2 Å². The molecule has 0 bridgehead atoms. The van der Waals surface area contributed by atoms with Gasteiger partial charge in [-0.1, -0.05) is 4.89 Å². The third kappa shape index (κ3) is 1.83. The van der Waals surface area contributed by atoms with Crippen LogP contribution >= 0.6 is 8.88 Å². The fourth-order valence-corrected chi connectivity index (χ4v) is 2.03. The minimum Gasteiger partial charge on any atom is -0.446 e. The third-order valence-corrected chi connectivity index (χ3v) is 2.77. The summed E-state index contributed by atoms with van der Waals surface area (Å²) in [5.41, 5.74) is 5.51. The molecule has 0 aromatic carbocycles. The predicted octanol–water partition coefficient (Wildman–Crippen LogP) is -0.510. The van der Waals surface area contributed by atoms with Crippen LogP contribution in [-0.2, 0) is 9.47 Å². The number of hydrazine groups is 2. The molecule has 2 N–H and O–H groups in total. The van der Waals surface area contributed by atoms with E-state index in [4.69, 9.17) is 15.0 Å². The Morgan fingerprint density at radius 1 is 1.13 bits per heavy atom. The highest BCUT2D eigenvalue weighted by atomic mass is 31.1. The van der Waals surface area contributed by atoms with Crippen molar-refractivity contribution in [1.29, 1.82) is 0 Å². The second kappa shape index (κ2) is 4.18. The number of rotatable bonds is 3. The summed E-state index contributed by atoms with van der Waals surface area (Å²) in [7, 11) is -0.228. The molecule has 2 aliphatic rings. The van der Waals surface area contributed by atoms with Crippen molar-refractivity contribution >= 4 is 21.1 Å². The van der Waals surface area contributed by atoms with Crippen molar-refractivity contribution in [1.82, 2.24) is 14.9 Å². The molecule has 2 rings (SSSR count). The molecule has 0 aromatic heterocycles. The van der Waals surface area contributed by atoms with Crippen LogP contribution in [0.5, 0.6) is 0 Å². The Morgan fingerprint density at radius 3 is 1.87 bits per heavy atom. The van der Waals surface area contributed by atoms with E-state index in [-0.39, 0.29) is 8.88 Å². The van der Waals surface area contributed by atoms with E-state index in [2.05, 4.69) is 0 Å². The maximum Gasteiger partial charge on any atom is 0.426 e. The van der Waals surface area contributed by atoms with E-state index in [9.17, 15) is 9.59 Å². The molecule has 2 amide bonds. The lowest BCUT2D eigenvalue weighted by Gasteiger charge is -2.32. The number of hydrogen-bond acceptors (Lipinski definition) is 6. The van der Waals surface area contributed by atoms with Gasteiger partial charge in [-0.15, -0.1) is 0 Å². The number of nitrogens with two attached hydrogens (primary N) is 1.